The summed E-state index contributed by atoms with van der Waals surface area (Å²) in [4.78, 5) is 11.9. The first kappa shape index (κ1) is 17.1. The van der Waals surface area contributed by atoms with Crippen molar-refractivity contribution in [2.75, 3.05) is 26.3 Å². The molecule has 2 aliphatic rings. The number of aliphatic hydroxyl groups is 1. The number of imidazole rings is 1. The summed E-state index contributed by atoms with van der Waals surface area (Å²) in [6.07, 6.45) is 5.93. The first-order chi connectivity index (χ1) is 12.2. The lowest BCUT2D eigenvalue weighted by molar-refractivity contribution is -0.0567. The van der Waals surface area contributed by atoms with E-state index in [1.54, 1.807) is 11.3 Å². The molecule has 0 radical (unpaired) electrons. The molecule has 4 heterocycles. The Morgan fingerprint density at radius 2 is 2.24 bits per heavy atom. The highest BCUT2D eigenvalue weighted by atomic mass is 32.1. The minimum atomic E-state index is 0.162. The van der Waals surface area contributed by atoms with Crippen LogP contribution in [0.15, 0.2) is 17.8 Å². The summed E-state index contributed by atoms with van der Waals surface area (Å²) in [5.41, 5.74) is 1.14. The van der Waals surface area contributed by atoms with Gasteiger partial charge in [0, 0.05) is 49.6 Å². The number of morpholine rings is 1. The average molecular weight is 362 g/mol. The van der Waals surface area contributed by atoms with Gasteiger partial charge in [0.2, 0.25) is 0 Å². The molecular weight excluding hydrogens is 336 g/mol. The van der Waals surface area contributed by atoms with Crippen LogP contribution in [0.25, 0.3) is 10.8 Å². The van der Waals surface area contributed by atoms with Crippen LogP contribution in [0.4, 0.5) is 0 Å². The molecule has 2 aromatic rings. The van der Waals surface area contributed by atoms with Crippen LogP contribution >= 0.6 is 11.3 Å². The molecule has 7 heteroatoms. The minimum absolute atomic E-state index is 0.162. The largest absolute Gasteiger partial charge is 0.396 e. The summed E-state index contributed by atoms with van der Waals surface area (Å²) in [7, 11) is 0. The van der Waals surface area contributed by atoms with Gasteiger partial charge >= 0.3 is 0 Å². The second kappa shape index (κ2) is 7.15. The van der Waals surface area contributed by atoms with Gasteiger partial charge in [0.05, 0.1) is 18.4 Å². The average Bonchev–Trinajstić information content (AvgIpc) is 3.32. The van der Waals surface area contributed by atoms with Crippen molar-refractivity contribution in [1.29, 1.82) is 0 Å². The van der Waals surface area contributed by atoms with Crippen LogP contribution in [0.1, 0.15) is 44.3 Å². The fourth-order valence-electron chi connectivity index (χ4n) is 3.86. The number of thiazole rings is 1. The van der Waals surface area contributed by atoms with Gasteiger partial charge in [-0.2, -0.15) is 0 Å². The maximum absolute atomic E-state index is 9.15. The summed E-state index contributed by atoms with van der Waals surface area (Å²) >= 11 is 1.68. The van der Waals surface area contributed by atoms with Gasteiger partial charge in [0.1, 0.15) is 0 Å². The van der Waals surface area contributed by atoms with Crippen molar-refractivity contribution in [2.45, 2.75) is 50.8 Å². The van der Waals surface area contributed by atoms with Crippen molar-refractivity contribution in [3.8, 4) is 10.8 Å². The zero-order chi connectivity index (χ0) is 17.4. The number of hydrogen-bond acceptors (Lipinski definition) is 6. The summed E-state index contributed by atoms with van der Waals surface area (Å²) in [5.74, 6) is 1.42. The lowest BCUT2D eigenvalue weighted by Gasteiger charge is -2.34. The van der Waals surface area contributed by atoms with Crippen LogP contribution in [0.2, 0.25) is 0 Å². The van der Waals surface area contributed by atoms with Crippen molar-refractivity contribution in [3.05, 3.63) is 23.5 Å². The fourth-order valence-corrected chi connectivity index (χ4v) is 4.84. The molecule has 25 heavy (non-hydrogen) atoms. The topological polar surface area (TPSA) is 63.4 Å². The third-order valence-corrected chi connectivity index (χ3v) is 6.14. The van der Waals surface area contributed by atoms with Gasteiger partial charge in [-0.15, -0.1) is 11.3 Å². The Hall–Kier alpha value is -1.28. The Kier molecular flexibility index (Phi) is 4.90. The zero-order valence-electron chi connectivity index (χ0n) is 14.8. The molecule has 1 N–H and O–H groups in total. The van der Waals surface area contributed by atoms with E-state index in [2.05, 4.69) is 39.9 Å². The van der Waals surface area contributed by atoms with Crippen molar-refractivity contribution in [1.82, 2.24) is 19.4 Å². The molecule has 2 aromatic heterocycles. The number of rotatable bonds is 5. The number of fused-ring (bicyclic) bond motifs is 1. The van der Waals surface area contributed by atoms with Crippen LogP contribution in [-0.4, -0.2) is 63.0 Å². The van der Waals surface area contributed by atoms with Gasteiger partial charge in [-0.25, -0.2) is 9.97 Å². The summed E-state index contributed by atoms with van der Waals surface area (Å²) < 4.78 is 8.20. The van der Waals surface area contributed by atoms with Crippen molar-refractivity contribution in [3.63, 3.8) is 0 Å². The normalized spacial score (nSPS) is 27.1. The van der Waals surface area contributed by atoms with Gasteiger partial charge in [0.15, 0.2) is 10.8 Å². The Balaban J connectivity index is 1.51. The third-order valence-electron chi connectivity index (χ3n) is 5.29. The maximum atomic E-state index is 9.15. The minimum Gasteiger partial charge on any atom is -0.396 e. The molecule has 2 saturated heterocycles. The molecule has 0 saturated carbocycles. The molecule has 6 nitrogen and oxygen atoms in total. The van der Waals surface area contributed by atoms with Crippen molar-refractivity contribution >= 4 is 11.3 Å². The van der Waals surface area contributed by atoms with Gasteiger partial charge in [-0.3, -0.25) is 4.90 Å². The van der Waals surface area contributed by atoms with Crippen molar-refractivity contribution < 1.29 is 9.84 Å². The molecule has 0 spiro atoms. The number of aromatic nitrogens is 3. The summed E-state index contributed by atoms with van der Waals surface area (Å²) in [6.45, 7) is 7.23. The maximum Gasteiger partial charge on any atom is 0.169 e. The van der Waals surface area contributed by atoms with Gasteiger partial charge in [-0.05, 0) is 18.8 Å². The van der Waals surface area contributed by atoms with E-state index >= 15 is 0 Å². The van der Waals surface area contributed by atoms with Crippen LogP contribution in [0.5, 0.6) is 0 Å². The van der Waals surface area contributed by atoms with E-state index in [-0.39, 0.29) is 12.7 Å². The predicted octanol–water partition coefficient (Wildman–Crippen LogP) is 2.53. The van der Waals surface area contributed by atoms with E-state index in [1.807, 2.05) is 6.20 Å². The van der Waals surface area contributed by atoms with Crippen LogP contribution in [0.3, 0.4) is 0 Å². The van der Waals surface area contributed by atoms with E-state index in [4.69, 9.17) is 14.8 Å². The molecule has 0 bridgehead atoms. The summed E-state index contributed by atoms with van der Waals surface area (Å²) in [5, 5.41) is 12.3. The SMILES string of the molecule is CC(C)c1csc(-c2nccn2[C@H]2C[C@H]3CO[C@@H](CCO)CN3C2)n1. The molecule has 0 amide bonds. The molecule has 2 aliphatic heterocycles. The molecule has 2 fully saturated rings. The highest BCUT2D eigenvalue weighted by molar-refractivity contribution is 7.13. The van der Waals surface area contributed by atoms with E-state index < -0.39 is 0 Å². The highest BCUT2D eigenvalue weighted by Crippen LogP contribution is 2.34. The van der Waals surface area contributed by atoms with E-state index in [9.17, 15) is 0 Å². The Bertz CT molecular complexity index is 714. The zero-order valence-corrected chi connectivity index (χ0v) is 15.7. The first-order valence-corrected chi connectivity index (χ1v) is 9.98. The van der Waals surface area contributed by atoms with Gasteiger partial charge in [-0.1, -0.05) is 13.8 Å². The number of ether oxygens (including phenoxy) is 1. The second-order valence-corrected chi connectivity index (χ2v) is 8.21. The lowest BCUT2D eigenvalue weighted by Crippen LogP contribution is -2.46. The molecular formula is C18H26N4O2S. The number of hydrogen-bond donors (Lipinski definition) is 1. The first-order valence-electron chi connectivity index (χ1n) is 9.10. The predicted molar refractivity (Wildman–Crippen MR) is 97.9 cm³/mol. The third kappa shape index (κ3) is 3.38. The quantitative estimate of drug-likeness (QED) is 0.885. The van der Waals surface area contributed by atoms with Crippen LogP contribution < -0.4 is 0 Å². The van der Waals surface area contributed by atoms with Gasteiger partial charge < -0.3 is 14.4 Å². The standard InChI is InChI=1S/C18H26N4O2S/c1-12(2)16-11-25-18(20-16)17-19-4-5-22(17)13-7-14-10-24-15(3-6-23)9-21(14)8-13/h4-5,11-15,23H,3,6-10H2,1-2H3/t13-,14-,15-/m0/s1. The Labute approximate surface area is 152 Å². The Morgan fingerprint density at radius 3 is 3.00 bits per heavy atom. The molecule has 136 valence electrons. The van der Waals surface area contributed by atoms with E-state index in [0.717, 1.165) is 49.1 Å². The van der Waals surface area contributed by atoms with Crippen LogP contribution in [-0.2, 0) is 4.74 Å². The molecule has 0 aromatic carbocycles. The Morgan fingerprint density at radius 1 is 1.36 bits per heavy atom. The molecule has 4 rings (SSSR count). The van der Waals surface area contributed by atoms with E-state index in [0.29, 0.717) is 18.0 Å². The second-order valence-electron chi connectivity index (χ2n) is 7.36. The number of aliphatic hydroxyl groups excluding tert-OH is 1. The molecule has 3 atom stereocenters. The monoisotopic (exact) mass is 362 g/mol. The molecule has 0 aliphatic carbocycles. The lowest BCUT2D eigenvalue weighted by atomic mass is 10.1. The van der Waals surface area contributed by atoms with Crippen LogP contribution in [0, 0.1) is 0 Å². The smallest absolute Gasteiger partial charge is 0.169 e. The van der Waals surface area contributed by atoms with Gasteiger partial charge in [0.25, 0.3) is 0 Å². The van der Waals surface area contributed by atoms with Crippen molar-refractivity contribution in [2.24, 2.45) is 0 Å². The summed E-state index contributed by atoms with van der Waals surface area (Å²) in [6, 6.07) is 0.878. The fraction of sp³-hybridized carbons (Fsp3) is 0.667. The number of nitrogens with zero attached hydrogens (tertiary/aromatic N) is 4. The van der Waals surface area contributed by atoms with E-state index in [1.165, 1.54) is 0 Å². The molecule has 0 unspecified atom stereocenters. The highest BCUT2D eigenvalue weighted by Gasteiger charge is 2.38.